The Hall–Kier alpha value is -2.81. The van der Waals surface area contributed by atoms with Crippen LogP contribution in [0.5, 0.6) is 11.5 Å². The Morgan fingerprint density at radius 2 is 1.88 bits per heavy atom. The Balaban J connectivity index is 1.87. The molecule has 2 N–H and O–H groups in total. The number of amides is 1. The number of esters is 1. The number of hydrogen-bond donors (Lipinski definition) is 2. The number of methoxy groups -OCH3 is 1. The number of alkyl halides is 2. The Bertz CT molecular complexity index is 783. The van der Waals surface area contributed by atoms with Gasteiger partial charge >= 0.3 is 5.97 Å². The van der Waals surface area contributed by atoms with E-state index in [1.807, 2.05) is 0 Å². The second-order valence-corrected chi connectivity index (χ2v) is 5.97. The zero-order valence-electron chi connectivity index (χ0n) is 13.6. The van der Waals surface area contributed by atoms with E-state index in [-0.39, 0.29) is 11.3 Å². The SMILES string of the molecule is COc1ccc(C(=O)OCC(=O)Nc2ccc(SC(F)F)cc2)c(O)c1. The molecule has 0 saturated heterocycles. The maximum atomic E-state index is 12.2. The summed E-state index contributed by atoms with van der Waals surface area (Å²) in [4.78, 5) is 24.1. The summed E-state index contributed by atoms with van der Waals surface area (Å²) < 4.78 is 34.2. The van der Waals surface area contributed by atoms with Gasteiger partial charge in [0.25, 0.3) is 11.7 Å². The second-order valence-electron chi connectivity index (χ2n) is 4.91. The highest BCUT2D eigenvalue weighted by Crippen LogP contribution is 2.26. The molecule has 0 aliphatic heterocycles. The van der Waals surface area contributed by atoms with E-state index < -0.39 is 24.2 Å². The Morgan fingerprint density at radius 1 is 1.19 bits per heavy atom. The van der Waals surface area contributed by atoms with Gasteiger partial charge in [0.1, 0.15) is 17.1 Å². The van der Waals surface area contributed by atoms with Crippen LogP contribution in [0.1, 0.15) is 10.4 Å². The van der Waals surface area contributed by atoms with E-state index in [2.05, 4.69) is 5.32 Å². The molecule has 0 heterocycles. The summed E-state index contributed by atoms with van der Waals surface area (Å²) in [7, 11) is 1.41. The molecule has 2 rings (SSSR count). The molecule has 6 nitrogen and oxygen atoms in total. The van der Waals surface area contributed by atoms with Gasteiger partial charge in [-0.3, -0.25) is 4.79 Å². The minimum absolute atomic E-state index is 0.105. The van der Waals surface area contributed by atoms with E-state index in [0.717, 1.165) is 0 Å². The highest BCUT2D eigenvalue weighted by Gasteiger charge is 2.15. The van der Waals surface area contributed by atoms with Crippen LogP contribution in [0, 0.1) is 0 Å². The largest absolute Gasteiger partial charge is 0.507 e. The molecule has 2 aromatic rings. The third kappa shape index (κ3) is 5.62. The molecule has 1 amide bonds. The third-order valence-electron chi connectivity index (χ3n) is 3.12. The predicted molar refractivity (Wildman–Crippen MR) is 91.9 cm³/mol. The van der Waals surface area contributed by atoms with Gasteiger partial charge in [0.05, 0.1) is 7.11 Å². The van der Waals surface area contributed by atoms with Crippen LogP contribution in [0.2, 0.25) is 0 Å². The number of carbonyl (C=O) groups excluding carboxylic acids is 2. The summed E-state index contributed by atoms with van der Waals surface area (Å²) in [6, 6.07) is 9.82. The summed E-state index contributed by atoms with van der Waals surface area (Å²) in [5.41, 5.74) is 0.268. The maximum Gasteiger partial charge on any atom is 0.342 e. The second kappa shape index (κ2) is 9.04. The third-order valence-corrected chi connectivity index (χ3v) is 3.84. The molecule has 0 aromatic heterocycles. The van der Waals surface area contributed by atoms with E-state index in [1.54, 1.807) is 0 Å². The lowest BCUT2D eigenvalue weighted by molar-refractivity contribution is -0.119. The zero-order valence-corrected chi connectivity index (χ0v) is 14.4. The molecule has 0 unspecified atom stereocenters. The van der Waals surface area contributed by atoms with E-state index >= 15 is 0 Å². The van der Waals surface area contributed by atoms with Crippen LogP contribution in [0.15, 0.2) is 47.4 Å². The van der Waals surface area contributed by atoms with Crippen LogP contribution in [0.3, 0.4) is 0 Å². The molecule has 0 atom stereocenters. The molecule has 0 radical (unpaired) electrons. The van der Waals surface area contributed by atoms with Gasteiger partial charge in [0.2, 0.25) is 0 Å². The van der Waals surface area contributed by atoms with Crippen LogP contribution in [0.25, 0.3) is 0 Å². The van der Waals surface area contributed by atoms with Crippen molar-refractivity contribution >= 4 is 29.3 Å². The van der Waals surface area contributed by atoms with Gasteiger partial charge in [-0.1, -0.05) is 11.8 Å². The summed E-state index contributed by atoms with van der Waals surface area (Å²) >= 11 is 0.394. The minimum atomic E-state index is -2.52. The molecule has 0 spiro atoms. The van der Waals surface area contributed by atoms with Crippen molar-refractivity contribution in [1.29, 1.82) is 0 Å². The molecule has 0 aliphatic rings. The quantitative estimate of drug-likeness (QED) is 0.562. The van der Waals surface area contributed by atoms with E-state index in [4.69, 9.17) is 9.47 Å². The van der Waals surface area contributed by atoms with E-state index in [1.165, 1.54) is 49.6 Å². The van der Waals surface area contributed by atoms with Crippen LogP contribution >= 0.6 is 11.8 Å². The highest BCUT2D eigenvalue weighted by atomic mass is 32.2. The average Bonchev–Trinajstić information content (AvgIpc) is 2.60. The molecule has 0 bridgehead atoms. The van der Waals surface area contributed by atoms with Gasteiger partial charge in [-0.2, -0.15) is 8.78 Å². The van der Waals surface area contributed by atoms with Crippen molar-refractivity contribution in [2.45, 2.75) is 10.7 Å². The molecular formula is C17H15F2NO5S. The van der Waals surface area contributed by atoms with Crippen LogP contribution in [0.4, 0.5) is 14.5 Å². The first kappa shape index (κ1) is 19.5. The number of ether oxygens (including phenoxy) is 2. The summed E-state index contributed by atoms with van der Waals surface area (Å²) in [6.07, 6.45) is 0. The van der Waals surface area contributed by atoms with Crippen molar-refractivity contribution in [2.75, 3.05) is 19.0 Å². The van der Waals surface area contributed by atoms with E-state index in [0.29, 0.717) is 28.1 Å². The molecular weight excluding hydrogens is 368 g/mol. The van der Waals surface area contributed by atoms with Gasteiger partial charge in [-0.25, -0.2) is 4.79 Å². The van der Waals surface area contributed by atoms with Crippen molar-refractivity contribution in [3.8, 4) is 11.5 Å². The number of anilines is 1. The summed E-state index contributed by atoms with van der Waals surface area (Å²) in [6.45, 7) is -0.572. The minimum Gasteiger partial charge on any atom is -0.507 e. The molecule has 0 fully saturated rings. The monoisotopic (exact) mass is 383 g/mol. The first-order valence-corrected chi connectivity index (χ1v) is 8.16. The van der Waals surface area contributed by atoms with Gasteiger partial charge in [0, 0.05) is 16.6 Å². The fourth-order valence-corrected chi connectivity index (χ4v) is 2.44. The number of phenolic OH excluding ortho intramolecular Hbond substituents is 1. The Labute approximate surface area is 152 Å². The van der Waals surface area contributed by atoms with E-state index in [9.17, 15) is 23.5 Å². The lowest BCUT2D eigenvalue weighted by Gasteiger charge is -2.09. The van der Waals surface area contributed by atoms with Crippen LogP contribution in [-0.4, -0.2) is 36.5 Å². The first-order valence-electron chi connectivity index (χ1n) is 7.28. The van der Waals surface area contributed by atoms with Crippen LogP contribution in [-0.2, 0) is 9.53 Å². The van der Waals surface area contributed by atoms with Gasteiger partial charge in [-0.15, -0.1) is 0 Å². The molecule has 26 heavy (non-hydrogen) atoms. The highest BCUT2D eigenvalue weighted by molar-refractivity contribution is 7.99. The number of benzene rings is 2. The summed E-state index contributed by atoms with van der Waals surface area (Å²) in [5.74, 6) is -3.97. The van der Waals surface area contributed by atoms with Crippen molar-refractivity contribution in [1.82, 2.24) is 0 Å². The zero-order chi connectivity index (χ0) is 19.1. The van der Waals surface area contributed by atoms with Gasteiger partial charge in [0.15, 0.2) is 6.61 Å². The number of aromatic hydroxyl groups is 1. The number of phenols is 1. The number of carbonyl (C=O) groups is 2. The maximum absolute atomic E-state index is 12.2. The molecule has 0 saturated carbocycles. The summed E-state index contributed by atoms with van der Waals surface area (Å²) in [5, 5.41) is 12.2. The topological polar surface area (TPSA) is 84.9 Å². The van der Waals surface area contributed by atoms with Crippen molar-refractivity contribution in [3.63, 3.8) is 0 Å². The lowest BCUT2D eigenvalue weighted by Crippen LogP contribution is -2.21. The van der Waals surface area contributed by atoms with Crippen molar-refractivity contribution in [3.05, 3.63) is 48.0 Å². The number of thioether (sulfide) groups is 1. The first-order chi connectivity index (χ1) is 12.4. The van der Waals surface area contributed by atoms with Gasteiger partial charge < -0.3 is 19.9 Å². The fourth-order valence-electron chi connectivity index (χ4n) is 1.94. The lowest BCUT2D eigenvalue weighted by atomic mass is 10.2. The molecule has 9 heteroatoms. The molecule has 2 aromatic carbocycles. The smallest absolute Gasteiger partial charge is 0.342 e. The average molecular weight is 383 g/mol. The normalized spacial score (nSPS) is 10.5. The van der Waals surface area contributed by atoms with Crippen LogP contribution < -0.4 is 10.1 Å². The number of rotatable bonds is 7. The Morgan fingerprint density at radius 3 is 2.46 bits per heavy atom. The number of halogens is 2. The fraction of sp³-hybridized carbons (Fsp3) is 0.176. The van der Waals surface area contributed by atoms with Gasteiger partial charge in [-0.05, 0) is 36.4 Å². The Kier molecular flexibility index (Phi) is 6.79. The molecule has 138 valence electrons. The number of hydrogen-bond acceptors (Lipinski definition) is 6. The van der Waals surface area contributed by atoms with Crippen molar-refractivity contribution < 1.29 is 33.0 Å². The number of nitrogens with one attached hydrogen (secondary N) is 1. The molecule has 0 aliphatic carbocycles. The van der Waals surface area contributed by atoms with Crippen molar-refractivity contribution in [2.24, 2.45) is 0 Å². The predicted octanol–water partition coefficient (Wildman–Crippen LogP) is 3.51. The standard InChI is InChI=1S/C17H15F2NO5S/c1-24-11-4-7-13(14(21)8-11)16(23)25-9-15(22)20-10-2-5-12(6-3-10)26-17(18)19/h2-8,17,21H,9H2,1H3,(H,20,22).